The van der Waals surface area contributed by atoms with E-state index in [2.05, 4.69) is 23.6 Å². The van der Waals surface area contributed by atoms with Gasteiger partial charge >= 0.3 is 0 Å². The summed E-state index contributed by atoms with van der Waals surface area (Å²) in [6.45, 7) is 10.5. The molecule has 0 unspecified atom stereocenters. The van der Waals surface area contributed by atoms with E-state index >= 15 is 0 Å². The monoisotopic (exact) mass is 267 g/mol. The Hall–Kier alpha value is -0.120. The van der Waals surface area contributed by atoms with E-state index in [0.29, 0.717) is 5.54 Å². The van der Waals surface area contributed by atoms with Crippen LogP contribution in [0.2, 0.25) is 0 Å². The van der Waals surface area contributed by atoms with Gasteiger partial charge in [0.25, 0.3) is 0 Å². The Bertz CT molecular complexity index is 255. The highest BCUT2D eigenvalue weighted by Crippen LogP contribution is 2.38. The Morgan fingerprint density at radius 2 is 1.84 bits per heavy atom. The van der Waals surface area contributed by atoms with Crippen LogP contribution in [-0.2, 0) is 0 Å². The van der Waals surface area contributed by atoms with Crippen molar-refractivity contribution in [2.45, 2.75) is 70.4 Å². The predicted molar refractivity (Wildman–Crippen MR) is 82.4 cm³/mol. The molecule has 2 rings (SSSR count). The van der Waals surface area contributed by atoms with Crippen molar-refractivity contribution in [2.75, 3.05) is 32.7 Å². The maximum atomic E-state index is 6.24. The van der Waals surface area contributed by atoms with Crippen LogP contribution in [0.1, 0.15) is 58.8 Å². The first kappa shape index (κ1) is 15.3. The molecule has 1 aliphatic carbocycles. The summed E-state index contributed by atoms with van der Waals surface area (Å²) in [5, 5.41) is 0. The molecule has 3 nitrogen and oxygen atoms in total. The summed E-state index contributed by atoms with van der Waals surface area (Å²) < 4.78 is 0. The van der Waals surface area contributed by atoms with E-state index in [9.17, 15) is 0 Å². The van der Waals surface area contributed by atoms with Gasteiger partial charge in [0.1, 0.15) is 0 Å². The predicted octanol–water partition coefficient (Wildman–Crippen LogP) is 2.45. The molecule has 0 aromatic rings. The molecule has 3 heteroatoms. The van der Waals surface area contributed by atoms with Gasteiger partial charge in [0, 0.05) is 18.1 Å². The Morgan fingerprint density at radius 1 is 1.16 bits per heavy atom. The number of unbranched alkanes of at least 4 members (excludes halogenated alkanes) is 1. The van der Waals surface area contributed by atoms with E-state index < -0.39 is 0 Å². The number of rotatable bonds is 8. The third-order valence-corrected chi connectivity index (χ3v) is 5.06. The average Bonchev–Trinajstić information content (AvgIpc) is 3.26. The number of hydrogen-bond donors (Lipinski definition) is 1. The van der Waals surface area contributed by atoms with Crippen molar-refractivity contribution in [2.24, 2.45) is 5.73 Å². The molecule has 1 aliphatic heterocycles. The second-order valence-corrected chi connectivity index (χ2v) is 6.55. The van der Waals surface area contributed by atoms with E-state index in [-0.39, 0.29) is 0 Å². The van der Waals surface area contributed by atoms with Gasteiger partial charge in [0.15, 0.2) is 0 Å². The molecule has 1 heterocycles. The normalized spacial score (nSPS) is 24.0. The van der Waals surface area contributed by atoms with Gasteiger partial charge in [0.05, 0.1) is 0 Å². The van der Waals surface area contributed by atoms with Crippen LogP contribution in [0, 0.1) is 0 Å². The lowest BCUT2D eigenvalue weighted by Gasteiger charge is -2.49. The largest absolute Gasteiger partial charge is 0.329 e. The average molecular weight is 267 g/mol. The van der Waals surface area contributed by atoms with Crippen LogP contribution in [0.5, 0.6) is 0 Å². The molecule has 0 radical (unpaired) electrons. The number of hydrogen-bond acceptors (Lipinski definition) is 3. The third-order valence-electron chi connectivity index (χ3n) is 5.06. The van der Waals surface area contributed by atoms with Crippen LogP contribution in [-0.4, -0.2) is 54.1 Å². The fraction of sp³-hybridized carbons (Fsp3) is 1.00. The Labute approximate surface area is 119 Å². The number of nitrogens with two attached hydrogens (primary N) is 1. The number of likely N-dealkylation sites (tertiary alicyclic amines) is 1. The summed E-state index contributed by atoms with van der Waals surface area (Å²) in [5.41, 5.74) is 6.56. The van der Waals surface area contributed by atoms with E-state index in [0.717, 1.165) is 12.6 Å². The van der Waals surface area contributed by atoms with Gasteiger partial charge in [-0.3, -0.25) is 4.90 Å². The van der Waals surface area contributed by atoms with Crippen LogP contribution in [0.25, 0.3) is 0 Å². The summed E-state index contributed by atoms with van der Waals surface area (Å²) in [6, 6.07) is 0.854. The fourth-order valence-corrected chi connectivity index (χ4v) is 3.64. The molecule has 2 aliphatic rings. The van der Waals surface area contributed by atoms with Gasteiger partial charge in [-0.1, -0.05) is 20.3 Å². The van der Waals surface area contributed by atoms with Crippen molar-refractivity contribution < 1.29 is 0 Å². The second-order valence-electron chi connectivity index (χ2n) is 6.55. The van der Waals surface area contributed by atoms with Crippen molar-refractivity contribution in [3.63, 3.8) is 0 Å². The maximum absolute atomic E-state index is 6.24. The zero-order valence-corrected chi connectivity index (χ0v) is 13.0. The van der Waals surface area contributed by atoms with Crippen molar-refractivity contribution in [1.29, 1.82) is 0 Å². The highest BCUT2D eigenvalue weighted by molar-refractivity contribution is 5.01. The fourth-order valence-electron chi connectivity index (χ4n) is 3.64. The second kappa shape index (κ2) is 7.05. The summed E-state index contributed by atoms with van der Waals surface area (Å²) in [5.74, 6) is 0. The Morgan fingerprint density at radius 3 is 2.32 bits per heavy atom. The van der Waals surface area contributed by atoms with Crippen molar-refractivity contribution in [3.8, 4) is 0 Å². The van der Waals surface area contributed by atoms with Gasteiger partial charge in [-0.2, -0.15) is 0 Å². The lowest BCUT2D eigenvalue weighted by Crippen LogP contribution is -2.60. The molecule has 2 fully saturated rings. The van der Waals surface area contributed by atoms with Crippen LogP contribution >= 0.6 is 0 Å². The van der Waals surface area contributed by atoms with E-state index in [4.69, 9.17) is 5.73 Å². The minimum Gasteiger partial charge on any atom is -0.329 e. The molecule has 0 atom stereocenters. The highest BCUT2D eigenvalue weighted by atomic mass is 15.3. The lowest BCUT2D eigenvalue weighted by molar-refractivity contribution is 0.0195. The molecule has 0 aromatic heterocycles. The minimum absolute atomic E-state index is 0.320. The molecular weight excluding hydrogens is 234 g/mol. The van der Waals surface area contributed by atoms with Gasteiger partial charge in [-0.25, -0.2) is 0 Å². The van der Waals surface area contributed by atoms with E-state index in [1.54, 1.807) is 0 Å². The van der Waals surface area contributed by atoms with Crippen LogP contribution < -0.4 is 5.73 Å². The van der Waals surface area contributed by atoms with Gasteiger partial charge in [-0.15, -0.1) is 0 Å². The molecule has 19 heavy (non-hydrogen) atoms. The summed E-state index contributed by atoms with van der Waals surface area (Å²) in [7, 11) is 0. The van der Waals surface area contributed by atoms with Crippen LogP contribution in [0.3, 0.4) is 0 Å². The van der Waals surface area contributed by atoms with E-state index in [1.807, 2.05) is 0 Å². The number of piperidine rings is 1. The molecule has 1 saturated heterocycles. The zero-order chi connectivity index (χ0) is 13.7. The standard InChI is InChI=1S/C16H33N3/c1-3-5-11-19(15-6-7-15)16(14-17)8-12-18(10-4-2)13-9-16/h15H,3-14,17H2,1-2H3. The lowest BCUT2D eigenvalue weighted by atomic mass is 9.85. The first-order valence-electron chi connectivity index (χ1n) is 8.45. The van der Waals surface area contributed by atoms with Crippen LogP contribution in [0.15, 0.2) is 0 Å². The van der Waals surface area contributed by atoms with E-state index in [1.165, 1.54) is 71.1 Å². The molecule has 1 saturated carbocycles. The third kappa shape index (κ3) is 3.71. The first-order chi connectivity index (χ1) is 9.25. The first-order valence-corrected chi connectivity index (χ1v) is 8.45. The van der Waals surface area contributed by atoms with Gasteiger partial charge in [0.2, 0.25) is 0 Å². The van der Waals surface area contributed by atoms with Crippen molar-refractivity contribution in [1.82, 2.24) is 9.80 Å². The molecule has 0 aromatic carbocycles. The SMILES string of the molecule is CCCCN(C1CC1)C1(CN)CCN(CCC)CC1. The molecule has 0 bridgehead atoms. The van der Waals surface area contributed by atoms with Gasteiger partial charge < -0.3 is 10.6 Å². The maximum Gasteiger partial charge on any atom is 0.0358 e. The highest BCUT2D eigenvalue weighted by Gasteiger charge is 2.44. The molecule has 0 spiro atoms. The molecular formula is C16H33N3. The Kier molecular flexibility index (Phi) is 5.67. The van der Waals surface area contributed by atoms with Crippen molar-refractivity contribution in [3.05, 3.63) is 0 Å². The molecule has 2 N–H and O–H groups in total. The smallest absolute Gasteiger partial charge is 0.0358 e. The summed E-state index contributed by atoms with van der Waals surface area (Å²) in [4.78, 5) is 5.43. The minimum atomic E-state index is 0.320. The Balaban J connectivity index is 1.96. The van der Waals surface area contributed by atoms with Crippen molar-refractivity contribution >= 4 is 0 Å². The summed E-state index contributed by atoms with van der Waals surface area (Å²) >= 11 is 0. The topological polar surface area (TPSA) is 32.5 Å². The van der Waals surface area contributed by atoms with Gasteiger partial charge in [-0.05, 0) is 64.7 Å². The zero-order valence-electron chi connectivity index (χ0n) is 13.0. The quantitative estimate of drug-likeness (QED) is 0.733. The van der Waals surface area contributed by atoms with Crippen LogP contribution in [0.4, 0.5) is 0 Å². The summed E-state index contributed by atoms with van der Waals surface area (Å²) in [6.07, 6.45) is 9.28. The molecule has 112 valence electrons. The number of nitrogens with zero attached hydrogens (tertiary/aromatic N) is 2. The molecule has 0 amide bonds.